The lowest BCUT2D eigenvalue weighted by atomic mass is 10.2. The summed E-state index contributed by atoms with van der Waals surface area (Å²) in [6.07, 6.45) is 2.01. The molecule has 0 aliphatic carbocycles. The summed E-state index contributed by atoms with van der Waals surface area (Å²) in [4.78, 5) is 24.7. The monoisotopic (exact) mass is 350 g/mol. The summed E-state index contributed by atoms with van der Waals surface area (Å²) in [5.74, 6) is -0.535. The summed E-state index contributed by atoms with van der Waals surface area (Å²) in [5.41, 5.74) is 0.878. The van der Waals surface area contributed by atoms with Crippen molar-refractivity contribution in [1.29, 1.82) is 0 Å². The standard InChI is InChI=1S/C16H17NO4S2/c1-2-21-12-7-5-11(6-8-12)10-13-15(20)17(16(22)23-13)9-3-4-14(18)19/h5-8,10H,2-4,9H2,1H3,(H,18,19)/p-1/b13-10+. The molecular weight excluding hydrogens is 334 g/mol. The quantitative estimate of drug-likeness (QED) is 0.552. The summed E-state index contributed by atoms with van der Waals surface area (Å²) in [5, 5.41) is 10.4. The lowest BCUT2D eigenvalue weighted by Crippen LogP contribution is -2.30. The van der Waals surface area contributed by atoms with Crippen molar-refractivity contribution in [3.63, 3.8) is 0 Å². The van der Waals surface area contributed by atoms with Crippen LogP contribution in [0.4, 0.5) is 0 Å². The molecule has 1 fully saturated rings. The summed E-state index contributed by atoms with van der Waals surface area (Å²) < 4.78 is 5.82. The van der Waals surface area contributed by atoms with Gasteiger partial charge in [0.05, 0.1) is 11.5 Å². The summed E-state index contributed by atoms with van der Waals surface area (Å²) in [6, 6.07) is 7.42. The molecule has 2 rings (SSSR count). The number of hydrogen-bond acceptors (Lipinski definition) is 6. The Balaban J connectivity index is 2.04. The number of carboxylic acids is 1. The molecule has 1 amide bonds. The van der Waals surface area contributed by atoms with Gasteiger partial charge in [0.1, 0.15) is 10.1 Å². The Morgan fingerprint density at radius 1 is 1.39 bits per heavy atom. The Bertz CT molecular complexity index is 640. The molecule has 5 nitrogen and oxygen atoms in total. The highest BCUT2D eigenvalue weighted by Gasteiger charge is 2.31. The molecular formula is C16H16NO4S2-. The summed E-state index contributed by atoms with van der Waals surface area (Å²) in [6.45, 7) is 2.81. The summed E-state index contributed by atoms with van der Waals surface area (Å²) >= 11 is 6.41. The third-order valence-electron chi connectivity index (χ3n) is 3.13. The molecule has 1 saturated heterocycles. The van der Waals surface area contributed by atoms with Crippen LogP contribution in [0.3, 0.4) is 0 Å². The van der Waals surface area contributed by atoms with Crippen LogP contribution in [0.15, 0.2) is 29.2 Å². The van der Waals surface area contributed by atoms with E-state index in [1.165, 1.54) is 16.7 Å². The number of nitrogens with zero attached hydrogens (tertiary/aromatic N) is 1. The molecule has 23 heavy (non-hydrogen) atoms. The second-order valence-corrected chi connectivity index (χ2v) is 6.49. The predicted octanol–water partition coefficient (Wildman–Crippen LogP) is 1.82. The Labute approximate surface area is 144 Å². The molecule has 1 aliphatic heterocycles. The zero-order valence-electron chi connectivity index (χ0n) is 12.6. The zero-order chi connectivity index (χ0) is 16.8. The maximum absolute atomic E-state index is 12.3. The number of aliphatic carboxylic acids is 1. The minimum absolute atomic E-state index is 0.0883. The first-order chi connectivity index (χ1) is 11.0. The van der Waals surface area contributed by atoms with Gasteiger partial charge in [-0.2, -0.15) is 0 Å². The SMILES string of the molecule is CCOc1ccc(/C=C2/SC(=S)N(CCCC(=O)[O-])C2=O)cc1. The largest absolute Gasteiger partial charge is 0.550 e. The van der Waals surface area contributed by atoms with Crippen LogP contribution in [-0.4, -0.2) is 34.2 Å². The number of ether oxygens (including phenoxy) is 1. The van der Waals surface area contributed by atoms with Gasteiger partial charge in [0.15, 0.2) is 0 Å². The molecule has 0 unspecified atom stereocenters. The van der Waals surface area contributed by atoms with E-state index in [1.54, 1.807) is 6.08 Å². The number of benzene rings is 1. The van der Waals surface area contributed by atoms with Crippen LogP contribution in [0, 0.1) is 0 Å². The highest BCUT2D eigenvalue weighted by atomic mass is 32.2. The Hall–Kier alpha value is -1.86. The van der Waals surface area contributed by atoms with E-state index in [9.17, 15) is 14.7 Å². The topological polar surface area (TPSA) is 69.7 Å². The van der Waals surface area contributed by atoms with Gasteiger partial charge in [0, 0.05) is 12.5 Å². The first-order valence-electron chi connectivity index (χ1n) is 7.19. The molecule has 0 N–H and O–H groups in total. The van der Waals surface area contributed by atoms with Crippen molar-refractivity contribution in [2.45, 2.75) is 19.8 Å². The van der Waals surface area contributed by atoms with Crippen molar-refractivity contribution >= 4 is 46.3 Å². The second kappa shape index (κ2) is 8.12. The maximum atomic E-state index is 12.3. The number of carbonyl (C=O) groups excluding carboxylic acids is 2. The number of thioether (sulfide) groups is 1. The van der Waals surface area contributed by atoms with Gasteiger partial charge in [-0.3, -0.25) is 9.69 Å². The van der Waals surface area contributed by atoms with Crippen LogP contribution >= 0.6 is 24.0 Å². The second-order valence-electron chi connectivity index (χ2n) is 4.81. The number of hydrogen-bond donors (Lipinski definition) is 0. The number of carbonyl (C=O) groups is 2. The Morgan fingerprint density at radius 3 is 2.70 bits per heavy atom. The lowest BCUT2D eigenvalue weighted by Gasteiger charge is -2.14. The van der Waals surface area contributed by atoms with Gasteiger partial charge < -0.3 is 14.6 Å². The van der Waals surface area contributed by atoms with Crippen LogP contribution < -0.4 is 9.84 Å². The van der Waals surface area contributed by atoms with Crippen molar-refractivity contribution < 1.29 is 19.4 Å². The van der Waals surface area contributed by atoms with Crippen molar-refractivity contribution in [3.8, 4) is 5.75 Å². The van der Waals surface area contributed by atoms with Crippen LogP contribution in [0.2, 0.25) is 0 Å². The van der Waals surface area contributed by atoms with E-state index >= 15 is 0 Å². The molecule has 1 heterocycles. The highest BCUT2D eigenvalue weighted by Crippen LogP contribution is 2.32. The summed E-state index contributed by atoms with van der Waals surface area (Å²) in [7, 11) is 0. The van der Waals surface area contributed by atoms with Gasteiger partial charge in [-0.1, -0.05) is 36.1 Å². The first kappa shape index (κ1) is 17.5. The van der Waals surface area contributed by atoms with Gasteiger partial charge >= 0.3 is 0 Å². The molecule has 0 aromatic heterocycles. The molecule has 0 spiro atoms. The highest BCUT2D eigenvalue weighted by molar-refractivity contribution is 8.26. The van der Waals surface area contributed by atoms with Gasteiger partial charge in [0.2, 0.25) is 0 Å². The predicted molar refractivity (Wildman–Crippen MR) is 91.7 cm³/mol. The fourth-order valence-corrected chi connectivity index (χ4v) is 3.36. The fraction of sp³-hybridized carbons (Fsp3) is 0.312. The van der Waals surface area contributed by atoms with Crippen molar-refractivity contribution in [1.82, 2.24) is 4.90 Å². The van der Waals surface area contributed by atoms with Crippen molar-refractivity contribution in [2.75, 3.05) is 13.2 Å². The van der Waals surface area contributed by atoms with E-state index in [1.807, 2.05) is 31.2 Å². The number of rotatable bonds is 7. The van der Waals surface area contributed by atoms with Crippen LogP contribution in [-0.2, 0) is 9.59 Å². The van der Waals surface area contributed by atoms with E-state index in [0.717, 1.165) is 11.3 Å². The molecule has 0 radical (unpaired) electrons. The van der Waals surface area contributed by atoms with Gasteiger partial charge in [0.25, 0.3) is 5.91 Å². The first-order valence-corrected chi connectivity index (χ1v) is 8.42. The zero-order valence-corrected chi connectivity index (χ0v) is 14.2. The van der Waals surface area contributed by atoms with Crippen molar-refractivity contribution in [3.05, 3.63) is 34.7 Å². The number of thiocarbonyl (C=S) groups is 1. The van der Waals surface area contributed by atoms with E-state index in [4.69, 9.17) is 17.0 Å². The fourth-order valence-electron chi connectivity index (χ4n) is 2.05. The van der Waals surface area contributed by atoms with E-state index in [-0.39, 0.29) is 12.3 Å². The smallest absolute Gasteiger partial charge is 0.266 e. The van der Waals surface area contributed by atoms with Crippen LogP contribution in [0.1, 0.15) is 25.3 Å². The van der Waals surface area contributed by atoms with Gasteiger partial charge in [-0.15, -0.1) is 0 Å². The number of amides is 1. The average molecular weight is 350 g/mol. The maximum Gasteiger partial charge on any atom is 0.266 e. The lowest BCUT2D eigenvalue weighted by molar-refractivity contribution is -0.305. The third kappa shape index (κ3) is 4.80. The average Bonchev–Trinajstić information content (AvgIpc) is 2.76. The normalized spacial score (nSPS) is 16.2. The molecule has 122 valence electrons. The Morgan fingerprint density at radius 2 is 2.09 bits per heavy atom. The van der Waals surface area contributed by atoms with Gasteiger partial charge in [-0.05, 0) is 43.5 Å². The molecule has 7 heteroatoms. The van der Waals surface area contributed by atoms with E-state index < -0.39 is 5.97 Å². The molecule has 0 saturated carbocycles. The van der Waals surface area contributed by atoms with E-state index in [0.29, 0.717) is 28.8 Å². The Kier molecular flexibility index (Phi) is 6.18. The molecule has 1 aromatic carbocycles. The van der Waals surface area contributed by atoms with Crippen molar-refractivity contribution in [2.24, 2.45) is 0 Å². The molecule has 0 atom stereocenters. The molecule has 1 aromatic rings. The van der Waals surface area contributed by atoms with Gasteiger partial charge in [-0.25, -0.2) is 0 Å². The van der Waals surface area contributed by atoms with E-state index in [2.05, 4.69) is 0 Å². The minimum atomic E-state index is -1.12. The van der Waals surface area contributed by atoms with Crippen LogP contribution in [0.25, 0.3) is 6.08 Å². The van der Waals surface area contributed by atoms with Crippen LogP contribution in [0.5, 0.6) is 5.75 Å². The molecule has 1 aliphatic rings. The number of carboxylic acid groups (broad SMARTS) is 1. The third-order valence-corrected chi connectivity index (χ3v) is 4.50. The minimum Gasteiger partial charge on any atom is -0.550 e. The molecule has 0 bridgehead atoms.